The van der Waals surface area contributed by atoms with E-state index in [1.54, 1.807) is 35.4 Å². The van der Waals surface area contributed by atoms with Gasteiger partial charge in [-0.1, -0.05) is 17.7 Å². The van der Waals surface area contributed by atoms with Crippen LogP contribution in [-0.4, -0.2) is 41.4 Å². The molecule has 2 heterocycles. The molecule has 2 aromatic rings. The molecule has 1 aromatic heterocycles. The van der Waals surface area contributed by atoms with Gasteiger partial charge in [0, 0.05) is 17.8 Å². The minimum atomic E-state index is -0.547. The topological polar surface area (TPSA) is 71.5 Å². The molecule has 6 nitrogen and oxygen atoms in total. The van der Waals surface area contributed by atoms with Crippen LogP contribution in [0, 0.1) is 6.92 Å². The zero-order valence-corrected chi connectivity index (χ0v) is 15.4. The number of benzene rings is 1. The van der Waals surface area contributed by atoms with Gasteiger partial charge in [0.2, 0.25) is 5.91 Å². The van der Waals surface area contributed by atoms with Gasteiger partial charge in [0.25, 0.3) is 5.91 Å². The molecule has 26 heavy (non-hydrogen) atoms. The van der Waals surface area contributed by atoms with Crippen LogP contribution in [0.25, 0.3) is 0 Å². The third-order valence-electron chi connectivity index (χ3n) is 4.37. The molecule has 1 N–H and O–H groups in total. The molecule has 1 atom stereocenters. The van der Waals surface area contributed by atoms with Crippen LogP contribution >= 0.6 is 11.6 Å². The Balaban J connectivity index is 1.79. The second kappa shape index (κ2) is 7.74. The van der Waals surface area contributed by atoms with E-state index in [0.717, 1.165) is 12.0 Å². The number of halogens is 1. The lowest BCUT2D eigenvalue weighted by Gasteiger charge is -2.24. The zero-order chi connectivity index (χ0) is 18.7. The zero-order valence-electron chi connectivity index (χ0n) is 14.7. The van der Waals surface area contributed by atoms with Crippen molar-refractivity contribution in [1.29, 1.82) is 0 Å². The summed E-state index contributed by atoms with van der Waals surface area (Å²) >= 11 is 6.03. The van der Waals surface area contributed by atoms with Crippen LogP contribution in [0.1, 0.15) is 28.8 Å². The normalized spacial score (nSPS) is 16.4. The number of aromatic nitrogens is 1. The number of likely N-dealkylation sites (tertiary alicyclic amines) is 1. The second-order valence-electron chi connectivity index (χ2n) is 6.21. The van der Waals surface area contributed by atoms with Crippen molar-refractivity contribution in [2.75, 3.05) is 19.0 Å². The summed E-state index contributed by atoms with van der Waals surface area (Å²) in [5.74, 6) is 0.401. The molecular weight excluding hydrogens is 354 g/mol. The van der Waals surface area contributed by atoms with Gasteiger partial charge in [-0.3, -0.25) is 9.59 Å². The maximum Gasteiger partial charge on any atom is 0.258 e. The maximum absolute atomic E-state index is 13.0. The summed E-state index contributed by atoms with van der Waals surface area (Å²) < 4.78 is 5.27. The highest BCUT2D eigenvalue weighted by Crippen LogP contribution is 2.28. The van der Waals surface area contributed by atoms with E-state index in [-0.39, 0.29) is 11.8 Å². The first-order valence-corrected chi connectivity index (χ1v) is 8.75. The monoisotopic (exact) mass is 373 g/mol. The molecule has 3 rings (SSSR count). The number of pyridine rings is 1. The number of rotatable bonds is 4. The number of ether oxygens (including phenoxy) is 1. The molecule has 1 aromatic carbocycles. The Bertz CT molecular complexity index is 823. The van der Waals surface area contributed by atoms with E-state index >= 15 is 0 Å². The predicted octanol–water partition coefficient (Wildman–Crippen LogP) is 3.30. The molecule has 0 saturated carbocycles. The summed E-state index contributed by atoms with van der Waals surface area (Å²) in [6.45, 7) is 2.43. The van der Waals surface area contributed by atoms with Gasteiger partial charge in [0.05, 0.1) is 12.7 Å². The molecule has 1 aliphatic rings. The van der Waals surface area contributed by atoms with Crippen molar-refractivity contribution >= 4 is 29.2 Å². The van der Waals surface area contributed by atoms with E-state index in [0.29, 0.717) is 35.1 Å². The van der Waals surface area contributed by atoms with Crippen LogP contribution in [0.4, 0.5) is 5.82 Å². The fourth-order valence-electron chi connectivity index (χ4n) is 3.04. The third-order valence-corrected chi connectivity index (χ3v) is 4.61. The molecule has 1 fully saturated rings. The molecule has 1 aliphatic heterocycles. The summed E-state index contributed by atoms with van der Waals surface area (Å²) in [5, 5.41) is 3.23. The quantitative estimate of drug-likeness (QED) is 0.892. The van der Waals surface area contributed by atoms with E-state index < -0.39 is 6.04 Å². The number of hydrogen-bond acceptors (Lipinski definition) is 4. The fourth-order valence-corrected chi connectivity index (χ4v) is 3.21. The molecule has 0 spiro atoms. The van der Waals surface area contributed by atoms with Gasteiger partial charge in [0.15, 0.2) is 0 Å². The molecule has 0 bridgehead atoms. The Morgan fingerprint density at radius 3 is 2.81 bits per heavy atom. The lowest BCUT2D eigenvalue weighted by molar-refractivity contribution is -0.119. The number of carbonyl (C=O) groups is 2. The highest BCUT2D eigenvalue weighted by molar-refractivity contribution is 6.31. The van der Waals surface area contributed by atoms with E-state index in [1.165, 1.54) is 7.11 Å². The maximum atomic E-state index is 13.0. The van der Waals surface area contributed by atoms with Gasteiger partial charge in [0.1, 0.15) is 17.6 Å². The highest BCUT2D eigenvalue weighted by Gasteiger charge is 2.35. The van der Waals surface area contributed by atoms with Gasteiger partial charge in [-0.05, 0) is 49.6 Å². The molecule has 7 heteroatoms. The number of nitrogens with one attached hydrogen (secondary N) is 1. The SMILES string of the molecule is COc1ccc(Cl)cc1C(=O)N1CCCC1C(=O)Nc1ccc(C)cn1. The van der Waals surface area contributed by atoms with E-state index in [2.05, 4.69) is 10.3 Å². The minimum absolute atomic E-state index is 0.242. The molecule has 0 aliphatic carbocycles. The van der Waals surface area contributed by atoms with Gasteiger partial charge in [-0.25, -0.2) is 4.98 Å². The van der Waals surface area contributed by atoms with Crippen molar-refractivity contribution in [2.24, 2.45) is 0 Å². The van der Waals surface area contributed by atoms with Crippen LogP contribution in [0.3, 0.4) is 0 Å². The number of amides is 2. The van der Waals surface area contributed by atoms with Crippen molar-refractivity contribution in [2.45, 2.75) is 25.8 Å². The number of methoxy groups -OCH3 is 1. The standard InChI is InChI=1S/C19H20ClN3O3/c1-12-5-8-17(21-11-12)22-18(24)15-4-3-9-23(15)19(25)14-10-13(20)6-7-16(14)26-2/h5-8,10-11,15H,3-4,9H2,1-2H3,(H,21,22,24). The number of hydrogen-bond donors (Lipinski definition) is 1. The lowest BCUT2D eigenvalue weighted by atomic mass is 10.1. The summed E-state index contributed by atoms with van der Waals surface area (Å²) in [4.78, 5) is 31.4. The van der Waals surface area contributed by atoms with E-state index in [1.807, 2.05) is 13.0 Å². The van der Waals surface area contributed by atoms with E-state index in [4.69, 9.17) is 16.3 Å². The largest absolute Gasteiger partial charge is 0.496 e. The average Bonchev–Trinajstić information content (AvgIpc) is 3.13. The van der Waals surface area contributed by atoms with Gasteiger partial charge in [-0.15, -0.1) is 0 Å². The first kappa shape index (κ1) is 18.2. The van der Waals surface area contributed by atoms with Crippen LogP contribution in [0.2, 0.25) is 5.02 Å². The average molecular weight is 374 g/mol. The summed E-state index contributed by atoms with van der Waals surface area (Å²) in [6, 6.07) is 7.95. The number of carbonyl (C=O) groups excluding carboxylic acids is 2. The van der Waals surface area contributed by atoms with Crippen molar-refractivity contribution in [3.63, 3.8) is 0 Å². The molecule has 136 valence electrons. The summed E-state index contributed by atoms with van der Waals surface area (Å²) in [6.07, 6.45) is 3.05. The lowest BCUT2D eigenvalue weighted by Crippen LogP contribution is -2.43. The molecular formula is C19H20ClN3O3. The molecule has 2 amide bonds. The first-order valence-electron chi connectivity index (χ1n) is 8.37. The number of anilines is 1. The van der Waals surface area contributed by atoms with Gasteiger partial charge < -0.3 is 15.0 Å². The van der Waals surface area contributed by atoms with Crippen LogP contribution < -0.4 is 10.1 Å². The summed E-state index contributed by atoms with van der Waals surface area (Å²) in [5.41, 5.74) is 1.36. The summed E-state index contributed by atoms with van der Waals surface area (Å²) in [7, 11) is 1.50. The van der Waals surface area contributed by atoms with Crippen molar-refractivity contribution in [3.05, 3.63) is 52.7 Å². The van der Waals surface area contributed by atoms with Crippen LogP contribution in [0.5, 0.6) is 5.75 Å². The Morgan fingerprint density at radius 1 is 1.31 bits per heavy atom. The smallest absolute Gasteiger partial charge is 0.258 e. The fraction of sp³-hybridized carbons (Fsp3) is 0.316. The second-order valence-corrected chi connectivity index (χ2v) is 6.65. The molecule has 1 unspecified atom stereocenters. The Labute approximate surface area is 157 Å². The minimum Gasteiger partial charge on any atom is -0.496 e. The Morgan fingerprint density at radius 2 is 2.12 bits per heavy atom. The Kier molecular flexibility index (Phi) is 5.42. The van der Waals surface area contributed by atoms with Crippen molar-refractivity contribution in [3.8, 4) is 5.75 Å². The van der Waals surface area contributed by atoms with Gasteiger partial charge >= 0.3 is 0 Å². The molecule has 0 radical (unpaired) electrons. The van der Waals surface area contributed by atoms with Crippen LogP contribution in [-0.2, 0) is 4.79 Å². The number of aryl methyl sites for hydroxylation is 1. The van der Waals surface area contributed by atoms with Crippen molar-refractivity contribution in [1.82, 2.24) is 9.88 Å². The number of nitrogens with zero attached hydrogens (tertiary/aromatic N) is 2. The Hall–Kier alpha value is -2.60. The predicted molar refractivity (Wildman–Crippen MR) is 99.7 cm³/mol. The highest BCUT2D eigenvalue weighted by atomic mass is 35.5. The third kappa shape index (κ3) is 3.80. The van der Waals surface area contributed by atoms with Gasteiger partial charge in [-0.2, -0.15) is 0 Å². The first-order chi connectivity index (χ1) is 12.5. The van der Waals surface area contributed by atoms with Crippen LogP contribution in [0.15, 0.2) is 36.5 Å². The van der Waals surface area contributed by atoms with E-state index in [9.17, 15) is 9.59 Å². The van der Waals surface area contributed by atoms with Crippen molar-refractivity contribution < 1.29 is 14.3 Å². The molecule has 1 saturated heterocycles.